The van der Waals surface area contributed by atoms with Crippen molar-refractivity contribution in [3.8, 4) is 5.75 Å². The van der Waals surface area contributed by atoms with E-state index >= 15 is 0 Å². The number of nitrogens with zero attached hydrogens (tertiary/aromatic N) is 1. The lowest BCUT2D eigenvalue weighted by atomic mass is 10.1. The second-order valence-corrected chi connectivity index (χ2v) is 3.97. The monoisotopic (exact) mass is 228 g/mol. The zero-order valence-electron chi connectivity index (χ0n) is 9.84. The zero-order valence-corrected chi connectivity index (χ0v) is 9.84. The average molecular weight is 228 g/mol. The molecule has 0 spiro atoms. The SMILES string of the molecule is CC(N)c1ccc(OCc2ccccn2)cc1. The van der Waals surface area contributed by atoms with Crippen LogP contribution in [0.2, 0.25) is 0 Å². The van der Waals surface area contributed by atoms with Gasteiger partial charge in [-0.25, -0.2) is 0 Å². The second kappa shape index (κ2) is 5.46. The Labute approximate surface area is 101 Å². The third-order valence-corrected chi connectivity index (χ3v) is 2.52. The molecule has 1 aromatic heterocycles. The molecular formula is C14H16N2O. The lowest BCUT2D eigenvalue weighted by Gasteiger charge is -2.08. The molecule has 3 heteroatoms. The maximum Gasteiger partial charge on any atom is 0.130 e. The first kappa shape index (κ1) is 11.6. The predicted octanol–water partition coefficient (Wildman–Crippen LogP) is 2.68. The van der Waals surface area contributed by atoms with E-state index in [0.29, 0.717) is 6.61 Å². The molecule has 2 N–H and O–H groups in total. The highest BCUT2D eigenvalue weighted by Crippen LogP contribution is 2.16. The minimum Gasteiger partial charge on any atom is -0.487 e. The molecule has 0 amide bonds. The number of hydrogen-bond acceptors (Lipinski definition) is 3. The van der Waals surface area contributed by atoms with Crippen LogP contribution < -0.4 is 10.5 Å². The number of nitrogens with two attached hydrogens (primary N) is 1. The summed E-state index contributed by atoms with van der Waals surface area (Å²) in [6.07, 6.45) is 1.76. The second-order valence-electron chi connectivity index (χ2n) is 3.97. The summed E-state index contributed by atoms with van der Waals surface area (Å²) in [4.78, 5) is 4.19. The van der Waals surface area contributed by atoms with Gasteiger partial charge in [0.25, 0.3) is 0 Å². The van der Waals surface area contributed by atoms with Crippen LogP contribution in [0.25, 0.3) is 0 Å². The topological polar surface area (TPSA) is 48.1 Å². The Kier molecular flexibility index (Phi) is 3.73. The summed E-state index contributed by atoms with van der Waals surface area (Å²) in [5.74, 6) is 0.833. The Hall–Kier alpha value is -1.87. The fourth-order valence-corrected chi connectivity index (χ4v) is 1.51. The standard InChI is InChI=1S/C14H16N2O/c1-11(15)12-5-7-14(8-6-12)17-10-13-4-2-3-9-16-13/h2-9,11H,10,15H2,1H3. The maximum absolute atomic E-state index is 5.78. The van der Waals surface area contributed by atoms with Crippen LogP contribution in [0.4, 0.5) is 0 Å². The number of ether oxygens (including phenoxy) is 1. The van der Waals surface area contributed by atoms with E-state index in [4.69, 9.17) is 10.5 Å². The van der Waals surface area contributed by atoms with E-state index in [1.807, 2.05) is 49.4 Å². The lowest BCUT2D eigenvalue weighted by Crippen LogP contribution is -2.04. The molecule has 1 aromatic carbocycles. The molecule has 0 saturated carbocycles. The number of pyridine rings is 1. The van der Waals surface area contributed by atoms with Crippen molar-refractivity contribution in [3.05, 3.63) is 59.9 Å². The van der Waals surface area contributed by atoms with Gasteiger partial charge < -0.3 is 10.5 Å². The molecule has 0 radical (unpaired) electrons. The van der Waals surface area contributed by atoms with Gasteiger partial charge in [-0.2, -0.15) is 0 Å². The van der Waals surface area contributed by atoms with Gasteiger partial charge in [-0.1, -0.05) is 18.2 Å². The van der Waals surface area contributed by atoms with Gasteiger partial charge in [-0.3, -0.25) is 4.98 Å². The average Bonchev–Trinajstić information content (AvgIpc) is 2.38. The number of rotatable bonds is 4. The molecule has 1 atom stereocenters. The molecule has 88 valence electrons. The Morgan fingerprint density at radius 3 is 2.53 bits per heavy atom. The summed E-state index contributed by atoms with van der Waals surface area (Å²) in [5, 5.41) is 0. The van der Waals surface area contributed by atoms with Crippen molar-refractivity contribution in [1.82, 2.24) is 4.98 Å². The highest BCUT2D eigenvalue weighted by Gasteiger charge is 2.00. The van der Waals surface area contributed by atoms with Gasteiger partial charge in [0.2, 0.25) is 0 Å². The van der Waals surface area contributed by atoms with Crippen LogP contribution in [0.15, 0.2) is 48.7 Å². The van der Waals surface area contributed by atoms with Crippen molar-refractivity contribution in [2.45, 2.75) is 19.6 Å². The minimum atomic E-state index is 0.0554. The molecule has 3 nitrogen and oxygen atoms in total. The van der Waals surface area contributed by atoms with Crippen LogP contribution in [0, 0.1) is 0 Å². The fraction of sp³-hybridized carbons (Fsp3) is 0.214. The van der Waals surface area contributed by atoms with Gasteiger partial charge in [0.05, 0.1) is 5.69 Å². The van der Waals surface area contributed by atoms with Crippen molar-refractivity contribution in [3.63, 3.8) is 0 Å². The van der Waals surface area contributed by atoms with Crippen LogP contribution in [0.3, 0.4) is 0 Å². The van der Waals surface area contributed by atoms with Gasteiger partial charge in [-0.05, 0) is 36.8 Å². The van der Waals surface area contributed by atoms with E-state index in [0.717, 1.165) is 17.0 Å². The van der Waals surface area contributed by atoms with Crippen LogP contribution in [-0.2, 0) is 6.61 Å². The third-order valence-electron chi connectivity index (χ3n) is 2.52. The van der Waals surface area contributed by atoms with Gasteiger partial charge >= 0.3 is 0 Å². The molecule has 1 heterocycles. The Balaban J connectivity index is 1.96. The van der Waals surface area contributed by atoms with E-state index in [9.17, 15) is 0 Å². The molecule has 0 aliphatic heterocycles. The quantitative estimate of drug-likeness (QED) is 0.875. The van der Waals surface area contributed by atoms with Crippen molar-refractivity contribution in [2.24, 2.45) is 5.73 Å². The smallest absolute Gasteiger partial charge is 0.130 e. The lowest BCUT2D eigenvalue weighted by molar-refractivity contribution is 0.301. The zero-order chi connectivity index (χ0) is 12.1. The molecule has 0 fully saturated rings. The molecule has 0 aliphatic rings. The molecule has 2 aromatic rings. The molecular weight excluding hydrogens is 212 g/mol. The van der Waals surface area contributed by atoms with Crippen molar-refractivity contribution in [1.29, 1.82) is 0 Å². The van der Waals surface area contributed by atoms with Crippen molar-refractivity contribution < 1.29 is 4.74 Å². The molecule has 0 saturated heterocycles. The van der Waals surface area contributed by atoms with Crippen molar-refractivity contribution in [2.75, 3.05) is 0 Å². The van der Waals surface area contributed by atoms with E-state index in [2.05, 4.69) is 4.98 Å². The molecule has 0 aliphatic carbocycles. The first-order chi connectivity index (χ1) is 8.25. The Morgan fingerprint density at radius 2 is 1.94 bits per heavy atom. The highest BCUT2D eigenvalue weighted by atomic mass is 16.5. The fourth-order valence-electron chi connectivity index (χ4n) is 1.51. The van der Waals surface area contributed by atoms with E-state index < -0.39 is 0 Å². The summed E-state index contributed by atoms with van der Waals surface area (Å²) in [6.45, 7) is 2.45. The highest BCUT2D eigenvalue weighted by molar-refractivity contribution is 5.28. The van der Waals surface area contributed by atoms with Gasteiger partial charge in [0.1, 0.15) is 12.4 Å². The normalized spacial score (nSPS) is 12.1. The summed E-state index contributed by atoms with van der Waals surface area (Å²) >= 11 is 0. The summed E-state index contributed by atoms with van der Waals surface area (Å²) in [6, 6.07) is 13.7. The van der Waals surface area contributed by atoms with E-state index in [-0.39, 0.29) is 6.04 Å². The molecule has 1 unspecified atom stereocenters. The Morgan fingerprint density at radius 1 is 1.18 bits per heavy atom. The van der Waals surface area contributed by atoms with Gasteiger partial charge in [-0.15, -0.1) is 0 Å². The van der Waals surface area contributed by atoms with E-state index in [1.165, 1.54) is 0 Å². The van der Waals surface area contributed by atoms with Crippen LogP contribution in [-0.4, -0.2) is 4.98 Å². The molecule has 0 bridgehead atoms. The van der Waals surface area contributed by atoms with E-state index in [1.54, 1.807) is 6.20 Å². The maximum atomic E-state index is 5.78. The number of aromatic nitrogens is 1. The molecule has 2 rings (SSSR count). The largest absolute Gasteiger partial charge is 0.487 e. The summed E-state index contributed by atoms with van der Waals surface area (Å²) in [7, 11) is 0. The summed E-state index contributed by atoms with van der Waals surface area (Å²) < 4.78 is 5.62. The van der Waals surface area contributed by atoms with Crippen molar-refractivity contribution >= 4 is 0 Å². The van der Waals surface area contributed by atoms with Crippen LogP contribution in [0.1, 0.15) is 24.2 Å². The predicted molar refractivity (Wildman–Crippen MR) is 67.6 cm³/mol. The van der Waals surface area contributed by atoms with Crippen LogP contribution in [0.5, 0.6) is 5.75 Å². The Bertz CT molecular complexity index is 451. The number of hydrogen-bond donors (Lipinski definition) is 1. The third kappa shape index (κ3) is 3.29. The minimum absolute atomic E-state index is 0.0554. The number of benzene rings is 1. The molecule has 17 heavy (non-hydrogen) atoms. The van der Waals surface area contributed by atoms with Gasteiger partial charge in [0, 0.05) is 12.2 Å². The first-order valence-corrected chi connectivity index (χ1v) is 5.64. The van der Waals surface area contributed by atoms with Crippen LogP contribution >= 0.6 is 0 Å². The summed E-state index contributed by atoms with van der Waals surface area (Å²) in [5.41, 5.74) is 7.80. The first-order valence-electron chi connectivity index (χ1n) is 5.64. The van der Waals surface area contributed by atoms with Gasteiger partial charge in [0.15, 0.2) is 0 Å².